The summed E-state index contributed by atoms with van der Waals surface area (Å²) in [6.07, 6.45) is 2.32. The summed E-state index contributed by atoms with van der Waals surface area (Å²) in [7, 11) is 0. The first kappa shape index (κ1) is 7.75. The van der Waals surface area contributed by atoms with Gasteiger partial charge in [-0.05, 0) is 6.42 Å². The normalized spacial score (nSPS) is 18.8. The highest BCUT2D eigenvalue weighted by Crippen LogP contribution is 1.98. The van der Waals surface area contributed by atoms with Crippen LogP contribution in [-0.4, -0.2) is 22.5 Å². The van der Waals surface area contributed by atoms with Crippen LogP contribution in [-0.2, 0) is 0 Å². The summed E-state index contributed by atoms with van der Waals surface area (Å²) < 4.78 is 1.43. The third-order valence-corrected chi connectivity index (χ3v) is 1.49. The van der Waals surface area contributed by atoms with E-state index < -0.39 is 0 Å². The predicted octanol–water partition coefficient (Wildman–Crippen LogP) is 1.10. The summed E-state index contributed by atoms with van der Waals surface area (Å²) in [5.41, 5.74) is 2.85. The zero-order chi connectivity index (χ0) is 7.40. The van der Waals surface area contributed by atoms with E-state index in [1.807, 2.05) is 0 Å². The number of hydrogen-bond donors (Lipinski definition) is 1. The first-order valence-corrected chi connectivity index (χ1v) is 3.81. The first-order valence-electron chi connectivity index (χ1n) is 3.47. The Morgan fingerprint density at radius 3 is 3.10 bits per heavy atom. The number of nitrogens with one attached hydrogen (secondary N) is 1. The molecule has 0 atom stereocenters. The summed E-state index contributed by atoms with van der Waals surface area (Å²) in [6.45, 7) is 3.61. The van der Waals surface area contributed by atoms with Gasteiger partial charge in [-0.15, -0.1) is 0 Å². The lowest BCUT2D eigenvalue weighted by atomic mass is 10.3. The summed E-state index contributed by atoms with van der Waals surface area (Å²) in [5, 5.41) is 4.07. The summed E-state index contributed by atoms with van der Waals surface area (Å²) in [5.74, 6) is 0. The van der Waals surface area contributed by atoms with Crippen molar-refractivity contribution in [3.8, 4) is 0 Å². The molecule has 1 N–H and O–H groups in total. The van der Waals surface area contributed by atoms with E-state index in [2.05, 4.69) is 17.6 Å². The van der Waals surface area contributed by atoms with Crippen LogP contribution in [0, 0.1) is 0 Å². The topological polar surface area (TPSA) is 30.6 Å². The van der Waals surface area contributed by atoms with Crippen LogP contribution in [0.25, 0.3) is 0 Å². The molecule has 0 unspecified atom stereocenters. The molecule has 0 saturated carbocycles. The number of nitrogens with zero attached hydrogens (tertiary/aromatic N) is 3. The standard InChI is InChI=1S/C5H12ClN4/c1-2-3-4-10-7-5-9(6)8-10/h2-5H2,1H3,(H,7,8)/q+1. The molecule has 0 spiro atoms. The van der Waals surface area contributed by atoms with Crippen molar-refractivity contribution in [3.05, 3.63) is 0 Å². The maximum absolute atomic E-state index is 5.57. The number of rotatable bonds is 3. The molecule has 0 aromatic heterocycles. The molecule has 5 heteroatoms. The zero-order valence-corrected chi connectivity index (χ0v) is 6.80. The number of halogens is 1. The van der Waals surface area contributed by atoms with Gasteiger partial charge >= 0.3 is 0 Å². The van der Waals surface area contributed by atoms with Crippen molar-refractivity contribution >= 4 is 11.8 Å². The molecule has 0 saturated heterocycles. The lowest BCUT2D eigenvalue weighted by Gasteiger charge is -1.96. The van der Waals surface area contributed by atoms with E-state index in [1.54, 1.807) is 4.81 Å². The van der Waals surface area contributed by atoms with Gasteiger partial charge in [-0.25, -0.2) is 0 Å². The van der Waals surface area contributed by atoms with Gasteiger partial charge in [0, 0.05) is 28.1 Å². The lowest BCUT2D eigenvalue weighted by molar-refractivity contribution is -0.649. The minimum atomic E-state index is 0.533. The second kappa shape index (κ2) is 3.73. The Hall–Kier alpha value is -0.350. The van der Waals surface area contributed by atoms with E-state index in [9.17, 15) is 0 Å². The van der Waals surface area contributed by atoms with E-state index in [0.717, 1.165) is 13.0 Å². The van der Waals surface area contributed by atoms with Crippen LogP contribution < -0.4 is 5.53 Å². The van der Waals surface area contributed by atoms with Crippen LogP contribution in [0.3, 0.4) is 0 Å². The molecule has 0 fully saturated rings. The fraction of sp³-hybridized carbons (Fsp3) is 1.00. The number of unbranched alkanes of at least 4 members (excludes halogenated alkanes) is 1. The molecule has 0 amide bonds. The molecule has 1 aliphatic heterocycles. The highest BCUT2D eigenvalue weighted by Gasteiger charge is 2.17. The third kappa shape index (κ3) is 2.11. The summed E-state index contributed by atoms with van der Waals surface area (Å²) >= 11 is 5.57. The maximum atomic E-state index is 5.57. The fourth-order valence-electron chi connectivity index (χ4n) is 0.749. The second-order valence-corrected chi connectivity index (χ2v) is 2.63. The van der Waals surface area contributed by atoms with Crippen LogP contribution in [0.1, 0.15) is 19.8 Å². The average Bonchev–Trinajstić information content (AvgIpc) is 2.31. The molecule has 0 aliphatic carbocycles. The van der Waals surface area contributed by atoms with E-state index in [-0.39, 0.29) is 0 Å². The van der Waals surface area contributed by atoms with E-state index in [1.165, 1.54) is 10.9 Å². The average molecular weight is 164 g/mol. The Kier molecular flexibility index (Phi) is 2.89. The minimum absolute atomic E-state index is 0.533. The van der Waals surface area contributed by atoms with Gasteiger partial charge in [0.05, 0.1) is 0 Å². The summed E-state index contributed by atoms with van der Waals surface area (Å²) in [4.78, 5) is 1.76. The Bertz CT molecular complexity index is 136. The molecular weight excluding hydrogens is 152 g/mol. The Labute approximate surface area is 65.5 Å². The maximum Gasteiger partial charge on any atom is 0.201 e. The molecule has 0 aromatic rings. The van der Waals surface area contributed by atoms with Crippen LogP contribution in [0.5, 0.6) is 0 Å². The molecule has 1 rings (SSSR count). The van der Waals surface area contributed by atoms with Gasteiger partial charge in [-0.1, -0.05) is 17.0 Å². The molecule has 0 radical (unpaired) electrons. The minimum Gasteiger partial charge on any atom is -0.0818 e. The molecule has 10 heavy (non-hydrogen) atoms. The largest absolute Gasteiger partial charge is 0.201 e. The molecule has 1 aliphatic rings. The van der Waals surface area contributed by atoms with Gasteiger partial charge in [-0.2, -0.15) is 0 Å². The molecular formula is C5H12ClN4+. The van der Waals surface area contributed by atoms with Crippen molar-refractivity contribution in [2.24, 2.45) is 5.11 Å². The van der Waals surface area contributed by atoms with Crippen LogP contribution >= 0.6 is 11.8 Å². The Morgan fingerprint density at radius 1 is 1.80 bits per heavy atom. The molecule has 1 heterocycles. The molecule has 0 aromatic carbocycles. The van der Waals surface area contributed by atoms with E-state index in [4.69, 9.17) is 11.8 Å². The van der Waals surface area contributed by atoms with Crippen molar-refractivity contribution in [1.82, 2.24) is 10.1 Å². The monoisotopic (exact) mass is 163 g/mol. The van der Waals surface area contributed by atoms with Crippen molar-refractivity contribution in [2.75, 3.05) is 13.2 Å². The third-order valence-electron chi connectivity index (χ3n) is 1.31. The van der Waals surface area contributed by atoms with Gasteiger partial charge in [0.2, 0.25) is 6.54 Å². The number of hydrazine groups is 2. The van der Waals surface area contributed by atoms with Crippen LogP contribution in [0.15, 0.2) is 5.11 Å². The second-order valence-electron chi connectivity index (χ2n) is 2.22. The van der Waals surface area contributed by atoms with Crippen molar-refractivity contribution in [1.29, 1.82) is 0 Å². The van der Waals surface area contributed by atoms with Gasteiger partial charge in [0.1, 0.15) is 0 Å². The van der Waals surface area contributed by atoms with Crippen molar-refractivity contribution in [2.45, 2.75) is 19.8 Å². The van der Waals surface area contributed by atoms with E-state index in [0.29, 0.717) is 6.67 Å². The smallest absolute Gasteiger partial charge is 0.0818 e. The first-order chi connectivity index (χ1) is 4.83. The quantitative estimate of drug-likeness (QED) is 0.499. The Morgan fingerprint density at radius 2 is 2.60 bits per heavy atom. The zero-order valence-electron chi connectivity index (χ0n) is 6.05. The van der Waals surface area contributed by atoms with Crippen molar-refractivity contribution < 1.29 is 4.81 Å². The van der Waals surface area contributed by atoms with Crippen LogP contribution in [0.4, 0.5) is 0 Å². The highest BCUT2D eigenvalue weighted by molar-refractivity contribution is 6.12. The van der Waals surface area contributed by atoms with Gasteiger partial charge in [0.15, 0.2) is 6.67 Å². The van der Waals surface area contributed by atoms with Crippen molar-refractivity contribution in [3.63, 3.8) is 0 Å². The number of azo groups is 1. The fourth-order valence-corrected chi connectivity index (χ4v) is 0.884. The molecule has 0 bridgehead atoms. The van der Waals surface area contributed by atoms with Gasteiger partial charge in [0.25, 0.3) is 0 Å². The predicted molar refractivity (Wildman–Crippen MR) is 38.2 cm³/mol. The number of hydrogen-bond acceptors (Lipinski definition) is 3. The lowest BCUT2D eigenvalue weighted by Crippen LogP contribution is -2.31. The SMILES string of the molecule is CCCC[N+]1=NCN(Cl)N1. The molecule has 4 nitrogen and oxygen atoms in total. The van der Waals surface area contributed by atoms with Gasteiger partial charge in [-0.3, -0.25) is 0 Å². The highest BCUT2D eigenvalue weighted by atomic mass is 35.5. The van der Waals surface area contributed by atoms with E-state index >= 15 is 0 Å². The summed E-state index contributed by atoms with van der Waals surface area (Å²) in [6, 6.07) is 0. The van der Waals surface area contributed by atoms with Crippen LogP contribution in [0.2, 0.25) is 0 Å². The van der Waals surface area contributed by atoms with Gasteiger partial charge < -0.3 is 0 Å². The Balaban J connectivity index is 2.17. The molecule has 58 valence electrons.